The van der Waals surface area contributed by atoms with Crippen molar-refractivity contribution in [2.24, 2.45) is 0 Å². The van der Waals surface area contributed by atoms with E-state index in [4.69, 9.17) is 0 Å². The summed E-state index contributed by atoms with van der Waals surface area (Å²) in [5.41, 5.74) is 0. The van der Waals surface area contributed by atoms with Gasteiger partial charge >= 0.3 is 7.05 Å². The van der Waals surface area contributed by atoms with Crippen LogP contribution in [0.4, 0.5) is 0 Å². The van der Waals surface area contributed by atoms with Crippen molar-refractivity contribution in [2.75, 3.05) is 13.1 Å². The van der Waals surface area contributed by atoms with Gasteiger partial charge in [-0.05, 0) is 32.6 Å². The van der Waals surface area contributed by atoms with E-state index in [0.29, 0.717) is 6.04 Å². The predicted octanol–water partition coefficient (Wildman–Crippen LogP) is -0.0770. The summed E-state index contributed by atoms with van der Waals surface area (Å²) in [4.78, 5) is 2.16. The topological polar surface area (TPSA) is 35.5 Å². The average Bonchev–Trinajstić information content (AvgIpc) is 2.29. The van der Waals surface area contributed by atoms with E-state index in [-0.39, 0.29) is 7.05 Å². The van der Waals surface area contributed by atoms with Gasteiger partial charge in [0.05, 0.1) is 0 Å². The smallest absolute Gasteiger partial charge is 0.376 e. The molecule has 0 aliphatic carbocycles. The fraction of sp³-hybridized carbons (Fsp3) is 1.00. The monoisotopic (exact) mass is 168 g/mol. The lowest BCUT2D eigenvalue weighted by molar-refractivity contribution is 0.344. The molecule has 2 rings (SSSR count). The number of nitrogens with zero attached hydrogens (tertiary/aromatic N) is 1. The Morgan fingerprint density at radius 3 is 2.83 bits per heavy atom. The quantitative estimate of drug-likeness (QED) is 0.537. The molecule has 2 saturated heterocycles. The van der Waals surface area contributed by atoms with Crippen molar-refractivity contribution in [1.82, 2.24) is 10.1 Å². The van der Waals surface area contributed by atoms with Crippen LogP contribution >= 0.6 is 0 Å². The molecule has 0 aromatic rings. The zero-order valence-electron chi connectivity index (χ0n) is 7.66. The van der Waals surface area contributed by atoms with E-state index < -0.39 is 0 Å². The van der Waals surface area contributed by atoms with Crippen molar-refractivity contribution in [1.29, 1.82) is 0 Å². The van der Waals surface area contributed by atoms with E-state index in [2.05, 4.69) is 10.1 Å². The predicted molar refractivity (Wildman–Crippen MR) is 50.0 cm³/mol. The van der Waals surface area contributed by atoms with Crippen LogP contribution in [0.5, 0.6) is 0 Å². The van der Waals surface area contributed by atoms with Gasteiger partial charge < -0.3 is 15.2 Å². The van der Waals surface area contributed by atoms with E-state index in [1.807, 2.05) is 6.82 Å². The molecule has 4 heteroatoms. The lowest BCUT2D eigenvalue weighted by atomic mass is 9.83. The van der Waals surface area contributed by atoms with Gasteiger partial charge in [-0.1, -0.05) is 0 Å². The van der Waals surface area contributed by atoms with E-state index in [1.165, 1.54) is 19.3 Å². The van der Waals surface area contributed by atoms with Crippen LogP contribution in [0.3, 0.4) is 0 Å². The van der Waals surface area contributed by atoms with Gasteiger partial charge in [0.25, 0.3) is 0 Å². The third-order valence-corrected chi connectivity index (χ3v) is 3.08. The molecule has 0 spiro atoms. The number of fused-ring (bicyclic) bond motifs is 2. The lowest BCUT2D eigenvalue weighted by Gasteiger charge is -2.24. The summed E-state index contributed by atoms with van der Waals surface area (Å²) in [7, 11) is -0.272. The van der Waals surface area contributed by atoms with Gasteiger partial charge in [0.2, 0.25) is 0 Å². The van der Waals surface area contributed by atoms with Crippen molar-refractivity contribution < 1.29 is 5.02 Å². The van der Waals surface area contributed by atoms with Gasteiger partial charge in [0.15, 0.2) is 0 Å². The summed E-state index contributed by atoms with van der Waals surface area (Å²) in [6.45, 7) is 3.93. The Morgan fingerprint density at radius 2 is 2.08 bits per heavy atom. The maximum Gasteiger partial charge on any atom is 0.376 e. The Kier molecular flexibility index (Phi) is 2.39. The third-order valence-electron chi connectivity index (χ3n) is 3.08. The zero-order chi connectivity index (χ0) is 8.55. The highest BCUT2D eigenvalue weighted by Crippen LogP contribution is 2.20. The highest BCUT2D eigenvalue weighted by molar-refractivity contribution is 6.45. The Balaban J connectivity index is 1.96. The third kappa shape index (κ3) is 1.65. The maximum atomic E-state index is 9.43. The Labute approximate surface area is 74.3 Å². The highest BCUT2D eigenvalue weighted by Gasteiger charge is 2.31. The lowest BCUT2D eigenvalue weighted by Crippen LogP contribution is -2.43. The molecule has 12 heavy (non-hydrogen) atoms. The molecule has 2 bridgehead atoms. The molecule has 2 atom stereocenters. The minimum atomic E-state index is -0.272. The Bertz CT molecular complexity index is 165. The van der Waals surface area contributed by atoms with Gasteiger partial charge in [0.1, 0.15) is 0 Å². The minimum Gasteiger partial charge on any atom is -0.437 e. The molecule has 0 aromatic carbocycles. The molecule has 2 aliphatic rings. The van der Waals surface area contributed by atoms with Gasteiger partial charge in [-0.3, -0.25) is 0 Å². The number of nitrogens with one attached hydrogen (secondary N) is 1. The molecule has 2 N–H and O–H groups in total. The highest BCUT2D eigenvalue weighted by atomic mass is 16.2. The van der Waals surface area contributed by atoms with Crippen molar-refractivity contribution in [2.45, 2.75) is 38.2 Å². The summed E-state index contributed by atoms with van der Waals surface area (Å²) in [5, 5.41) is 13.0. The first kappa shape index (κ1) is 8.54. The second-order valence-corrected chi connectivity index (χ2v) is 4.05. The minimum absolute atomic E-state index is 0.272. The van der Waals surface area contributed by atoms with Crippen LogP contribution in [-0.4, -0.2) is 42.1 Å². The largest absolute Gasteiger partial charge is 0.437 e. The van der Waals surface area contributed by atoms with Crippen molar-refractivity contribution >= 4 is 7.05 Å². The zero-order valence-corrected chi connectivity index (χ0v) is 7.66. The van der Waals surface area contributed by atoms with Gasteiger partial charge in [-0.2, -0.15) is 0 Å². The first-order valence-corrected chi connectivity index (χ1v) is 4.94. The molecule has 0 radical (unpaired) electrons. The summed E-state index contributed by atoms with van der Waals surface area (Å²) >= 11 is 0. The molecular formula is C8H17BN2O. The van der Waals surface area contributed by atoms with E-state index in [1.54, 1.807) is 0 Å². The van der Waals surface area contributed by atoms with Crippen molar-refractivity contribution in [3.8, 4) is 0 Å². The summed E-state index contributed by atoms with van der Waals surface area (Å²) in [6, 6.07) is 1.35. The van der Waals surface area contributed by atoms with Crippen molar-refractivity contribution in [3.05, 3.63) is 0 Å². The van der Waals surface area contributed by atoms with Crippen LogP contribution in [0.15, 0.2) is 0 Å². The van der Waals surface area contributed by atoms with Crippen LogP contribution < -0.4 is 5.32 Å². The Morgan fingerprint density at radius 1 is 1.33 bits per heavy atom. The summed E-state index contributed by atoms with van der Waals surface area (Å²) in [6.07, 6.45) is 3.81. The van der Waals surface area contributed by atoms with Crippen LogP contribution in [-0.2, 0) is 0 Å². The molecule has 2 aliphatic heterocycles. The van der Waals surface area contributed by atoms with E-state index in [0.717, 1.165) is 19.1 Å². The SMILES string of the molecule is CB(O)N1CCC2CCC(C1)N2. The summed E-state index contributed by atoms with van der Waals surface area (Å²) in [5.74, 6) is 0. The maximum absolute atomic E-state index is 9.43. The second kappa shape index (κ2) is 3.36. The van der Waals surface area contributed by atoms with Gasteiger partial charge in [-0.15, -0.1) is 0 Å². The molecule has 0 amide bonds. The van der Waals surface area contributed by atoms with Crippen LogP contribution in [0.1, 0.15) is 19.3 Å². The molecule has 2 heterocycles. The van der Waals surface area contributed by atoms with Crippen molar-refractivity contribution in [3.63, 3.8) is 0 Å². The normalized spacial score (nSPS) is 36.5. The fourth-order valence-corrected chi connectivity index (χ4v) is 2.31. The molecular weight excluding hydrogens is 151 g/mol. The van der Waals surface area contributed by atoms with E-state index in [9.17, 15) is 5.02 Å². The van der Waals surface area contributed by atoms with E-state index >= 15 is 0 Å². The first-order valence-electron chi connectivity index (χ1n) is 4.94. The second-order valence-electron chi connectivity index (χ2n) is 4.05. The van der Waals surface area contributed by atoms with Crippen LogP contribution in [0.25, 0.3) is 0 Å². The number of hydrogen-bond acceptors (Lipinski definition) is 3. The average molecular weight is 168 g/mol. The van der Waals surface area contributed by atoms with Gasteiger partial charge in [-0.25, -0.2) is 0 Å². The van der Waals surface area contributed by atoms with Crippen LogP contribution in [0, 0.1) is 0 Å². The Hall–Kier alpha value is -0.0551. The van der Waals surface area contributed by atoms with Gasteiger partial charge in [0, 0.05) is 18.6 Å². The fourth-order valence-electron chi connectivity index (χ4n) is 2.31. The molecule has 3 nitrogen and oxygen atoms in total. The van der Waals surface area contributed by atoms with Crippen LogP contribution in [0.2, 0.25) is 6.82 Å². The molecule has 68 valence electrons. The number of rotatable bonds is 1. The molecule has 2 unspecified atom stereocenters. The standard InChI is InChI=1S/C8H17BN2O/c1-9(12)11-5-4-7-2-3-8(6-11)10-7/h7-8,10,12H,2-6H2,1H3. The molecule has 0 aromatic heterocycles. The molecule has 2 fully saturated rings. The summed E-state index contributed by atoms with van der Waals surface area (Å²) < 4.78 is 0. The first-order chi connectivity index (χ1) is 5.75. The molecule has 0 saturated carbocycles. The number of hydrogen-bond donors (Lipinski definition) is 2.